The SMILES string of the molecule is CC[C@@H](C)[C@@H](NC(=O)COC(=O)COc1ccc(C=O)cc1)C(=O)OC. The number of amides is 1. The topological polar surface area (TPSA) is 108 Å². The summed E-state index contributed by atoms with van der Waals surface area (Å²) in [6.45, 7) is 2.76. The Morgan fingerprint density at radius 2 is 1.81 bits per heavy atom. The van der Waals surface area contributed by atoms with Crippen molar-refractivity contribution in [3.05, 3.63) is 29.8 Å². The van der Waals surface area contributed by atoms with Crippen molar-refractivity contribution in [2.75, 3.05) is 20.3 Å². The molecule has 8 nitrogen and oxygen atoms in total. The van der Waals surface area contributed by atoms with Crippen LogP contribution in [0.15, 0.2) is 24.3 Å². The van der Waals surface area contributed by atoms with Crippen molar-refractivity contribution in [2.45, 2.75) is 26.3 Å². The van der Waals surface area contributed by atoms with Gasteiger partial charge in [0, 0.05) is 5.56 Å². The number of ether oxygens (including phenoxy) is 3. The average Bonchev–Trinajstić information content (AvgIpc) is 2.67. The largest absolute Gasteiger partial charge is 0.482 e. The molecule has 0 aliphatic carbocycles. The maximum absolute atomic E-state index is 11.9. The van der Waals surface area contributed by atoms with E-state index in [4.69, 9.17) is 9.47 Å². The van der Waals surface area contributed by atoms with Crippen LogP contribution < -0.4 is 10.1 Å². The highest BCUT2D eigenvalue weighted by molar-refractivity contribution is 5.86. The van der Waals surface area contributed by atoms with Crippen LogP contribution in [0.4, 0.5) is 0 Å². The normalized spacial score (nSPS) is 12.4. The predicted octanol–water partition coefficient (Wildman–Crippen LogP) is 1.12. The molecular weight excluding hydrogens is 342 g/mol. The van der Waals surface area contributed by atoms with Crippen LogP contribution in [0.25, 0.3) is 0 Å². The maximum Gasteiger partial charge on any atom is 0.344 e. The monoisotopic (exact) mass is 365 g/mol. The number of rotatable bonds is 10. The fourth-order valence-corrected chi connectivity index (χ4v) is 1.98. The van der Waals surface area contributed by atoms with Crippen molar-refractivity contribution in [1.29, 1.82) is 0 Å². The van der Waals surface area contributed by atoms with E-state index in [9.17, 15) is 19.2 Å². The summed E-state index contributed by atoms with van der Waals surface area (Å²) < 4.78 is 14.7. The molecule has 0 fully saturated rings. The highest BCUT2D eigenvalue weighted by Gasteiger charge is 2.26. The lowest BCUT2D eigenvalue weighted by atomic mass is 9.99. The third kappa shape index (κ3) is 6.92. The number of carbonyl (C=O) groups is 4. The Morgan fingerprint density at radius 1 is 1.15 bits per heavy atom. The van der Waals surface area contributed by atoms with Crippen molar-refractivity contribution in [2.24, 2.45) is 5.92 Å². The van der Waals surface area contributed by atoms with Crippen molar-refractivity contribution >= 4 is 24.1 Å². The Balaban J connectivity index is 2.41. The quantitative estimate of drug-likeness (QED) is 0.489. The summed E-state index contributed by atoms with van der Waals surface area (Å²) >= 11 is 0. The molecule has 1 aromatic carbocycles. The Bertz CT molecular complexity index is 627. The molecule has 0 heterocycles. The van der Waals surface area contributed by atoms with Gasteiger partial charge in [0.05, 0.1) is 7.11 Å². The first-order valence-electron chi connectivity index (χ1n) is 8.12. The maximum atomic E-state index is 11.9. The van der Waals surface area contributed by atoms with Gasteiger partial charge in [0.1, 0.15) is 18.1 Å². The highest BCUT2D eigenvalue weighted by atomic mass is 16.6. The van der Waals surface area contributed by atoms with Crippen molar-refractivity contribution < 1.29 is 33.4 Å². The molecule has 2 atom stereocenters. The number of nitrogens with one attached hydrogen (secondary N) is 1. The molecule has 0 saturated carbocycles. The summed E-state index contributed by atoms with van der Waals surface area (Å²) in [6.07, 6.45) is 1.36. The number of esters is 2. The summed E-state index contributed by atoms with van der Waals surface area (Å²) in [6, 6.07) is 5.36. The zero-order valence-electron chi connectivity index (χ0n) is 15.0. The highest BCUT2D eigenvalue weighted by Crippen LogP contribution is 2.11. The van der Waals surface area contributed by atoms with Gasteiger partial charge in [-0.15, -0.1) is 0 Å². The molecule has 0 unspecified atom stereocenters. The van der Waals surface area contributed by atoms with Crippen LogP contribution in [0.3, 0.4) is 0 Å². The van der Waals surface area contributed by atoms with Crippen LogP contribution in [-0.2, 0) is 23.9 Å². The average molecular weight is 365 g/mol. The molecule has 0 spiro atoms. The van der Waals surface area contributed by atoms with Gasteiger partial charge in [0.15, 0.2) is 13.2 Å². The molecule has 8 heteroatoms. The van der Waals surface area contributed by atoms with Gasteiger partial charge >= 0.3 is 11.9 Å². The first-order chi connectivity index (χ1) is 12.4. The van der Waals surface area contributed by atoms with Gasteiger partial charge in [-0.05, 0) is 30.2 Å². The Kier molecular flexibility index (Phi) is 8.83. The van der Waals surface area contributed by atoms with E-state index in [0.717, 1.165) is 0 Å². The van der Waals surface area contributed by atoms with Gasteiger partial charge in [-0.1, -0.05) is 20.3 Å². The summed E-state index contributed by atoms with van der Waals surface area (Å²) in [4.78, 5) is 45.8. The molecule has 1 amide bonds. The molecule has 1 rings (SSSR count). The molecule has 26 heavy (non-hydrogen) atoms. The minimum atomic E-state index is -0.802. The number of benzene rings is 1. The number of aldehydes is 1. The molecular formula is C18H23NO7. The molecule has 0 bridgehead atoms. The van der Waals surface area contributed by atoms with Gasteiger partial charge in [-0.3, -0.25) is 9.59 Å². The van der Waals surface area contributed by atoms with Gasteiger partial charge in [0.2, 0.25) is 0 Å². The van der Waals surface area contributed by atoms with E-state index in [-0.39, 0.29) is 12.5 Å². The molecule has 0 saturated heterocycles. The van der Waals surface area contributed by atoms with E-state index >= 15 is 0 Å². The molecule has 0 aliphatic heterocycles. The lowest BCUT2D eigenvalue weighted by Crippen LogP contribution is -2.47. The second-order valence-electron chi connectivity index (χ2n) is 5.59. The molecule has 1 N–H and O–H groups in total. The van der Waals surface area contributed by atoms with E-state index in [1.165, 1.54) is 19.2 Å². The van der Waals surface area contributed by atoms with E-state index < -0.39 is 30.5 Å². The molecule has 0 aliphatic rings. The van der Waals surface area contributed by atoms with E-state index in [0.29, 0.717) is 24.0 Å². The van der Waals surface area contributed by atoms with Gasteiger partial charge in [0.25, 0.3) is 5.91 Å². The second kappa shape index (κ2) is 10.9. The van der Waals surface area contributed by atoms with Crippen LogP contribution in [0.5, 0.6) is 5.75 Å². The molecule has 0 radical (unpaired) electrons. The van der Waals surface area contributed by atoms with Crippen LogP contribution in [0.1, 0.15) is 30.6 Å². The zero-order valence-corrected chi connectivity index (χ0v) is 15.0. The van der Waals surface area contributed by atoms with E-state index in [1.54, 1.807) is 19.1 Å². The van der Waals surface area contributed by atoms with Gasteiger partial charge in [-0.25, -0.2) is 9.59 Å². The number of hydrogen-bond acceptors (Lipinski definition) is 7. The molecule has 1 aromatic rings. The Labute approximate surface area is 151 Å². The second-order valence-corrected chi connectivity index (χ2v) is 5.59. The summed E-state index contributed by atoms with van der Waals surface area (Å²) in [7, 11) is 1.24. The Morgan fingerprint density at radius 3 is 2.35 bits per heavy atom. The van der Waals surface area contributed by atoms with E-state index in [1.807, 2.05) is 6.92 Å². The van der Waals surface area contributed by atoms with Crippen LogP contribution in [0.2, 0.25) is 0 Å². The lowest BCUT2D eigenvalue weighted by Gasteiger charge is -2.21. The summed E-state index contributed by atoms with van der Waals surface area (Å²) in [5.74, 6) is -1.64. The zero-order chi connectivity index (χ0) is 19.5. The standard InChI is InChI=1S/C18H23NO7/c1-4-12(2)17(18(23)24-3)19-15(21)10-26-16(22)11-25-14-7-5-13(9-20)6-8-14/h5-9,12,17H,4,10-11H2,1-3H3,(H,19,21)/t12-,17-/m1/s1. The Hall–Kier alpha value is -2.90. The molecule has 142 valence electrons. The van der Waals surface area contributed by atoms with Crippen molar-refractivity contribution in [1.82, 2.24) is 5.32 Å². The molecule has 0 aromatic heterocycles. The smallest absolute Gasteiger partial charge is 0.344 e. The summed E-state index contributed by atoms with van der Waals surface area (Å²) in [5.41, 5.74) is 0.484. The third-order valence-electron chi connectivity index (χ3n) is 3.72. The fourth-order valence-electron chi connectivity index (χ4n) is 1.98. The minimum absolute atomic E-state index is 0.125. The minimum Gasteiger partial charge on any atom is -0.482 e. The number of methoxy groups -OCH3 is 1. The lowest BCUT2D eigenvalue weighted by molar-refractivity contribution is -0.152. The van der Waals surface area contributed by atoms with Crippen LogP contribution in [0, 0.1) is 5.92 Å². The van der Waals surface area contributed by atoms with Crippen molar-refractivity contribution in [3.8, 4) is 5.75 Å². The predicted molar refractivity (Wildman–Crippen MR) is 91.7 cm³/mol. The number of hydrogen-bond donors (Lipinski definition) is 1. The van der Waals surface area contributed by atoms with Gasteiger partial charge in [-0.2, -0.15) is 0 Å². The van der Waals surface area contributed by atoms with E-state index in [2.05, 4.69) is 10.1 Å². The third-order valence-corrected chi connectivity index (χ3v) is 3.72. The first-order valence-corrected chi connectivity index (χ1v) is 8.12. The van der Waals surface area contributed by atoms with Crippen LogP contribution in [-0.4, -0.2) is 50.5 Å². The number of carbonyl (C=O) groups excluding carboxylic acids is 4. The fraction of sp³-hybridized carbons (Fsp3) is 0.444. The first kappa shape index (κ1) is 21.1. The van der Waals surface area contributed by atoms with Gasteiger partial charge < -0.3 is 19.5 Å². The summed E-state index contributed by atoms with van der Waals surface area (Å²) in [5, 5.41) is 2.50. The van der Waals surface area contributed by atoms with Crippen LogP contribution >= 0.6 is 0 Å². The van der Waals surface area contributed by atoms with Crippen molar-refractivity contribution in [3.63, 3.8) is 0 Å².